The summed E-state index contributed by atoms with van der Waals surface area (Å²) in [6.45, 7) is 4.82. The predicted octanol–water partition coefficient (Wildman–Crippen LogP) is 3.16. The van der Waals surface area contributed by atoms with Crippen LogP contribution in [0.5, 0.6) is 0 Å². The van der Waals surface area contributed by atoms with Gasteiger partial charge >= 0.3 is 6.18 Å². The topological polar surface area (TPSA) is 101 Å². The van der Waals surface area contributed by atoms with E-state index in [1.165, 1.54) is 53.0 Å². The van der Waals surface area contributed by atoms with Gasteiger partial charge in [0, 0.05) is 52.5 Å². The molecule has 2 heterocycles. The van der Waals surface area contributed by atoms with Gasteiger partial charge in [0.1, 0.15) is 4.21 Å². The first-order valence-electron chi connectivity index (χ1n) is 12.3. The number of rotatable bonds is 10. The summed E-state index contributed by atoms with van der Waals surface area (Å²) >= 11 is 1.09. The van der Waals surface area contributed by atoms with E-state index in [1.54, 1.807) is 11.4 Å². The summed E-state index contributed by atoms with van der Waals surface area (Å²) in [6.07, 6.45) is -4.88. The van der Waals surface area contributed by atoms with Gasteiger partial charge in [-0.25, -0.2) is 8.42 Å². The molecule has 0 spiro atoms. The summed E-state index contributed by atoms with van der Waals surface area (Å²) in [5, 5.41) is 11.7. The van der Waals surface area contributed by atoms with Crippen molar-refractivity contribution in [3.63, 3.8) is 0 Å². The highest BCUT2D eigenvalue weighted by Gasteiger charge is 2.51. The van der Waals surface area contributed by atoms with Crippen LogP contribution in [0.1, 0.15) is 26.3 Å². The van der Waals surface area contributed by atoms with Crippen molar-refractivity contribution in [3.05, 3.63) is 47.3 Å². The number of hydrogen-bond donors (Lipinski definition) is 1. The van der Waals surface area contributed by atoms with Crippen LogP contribution in [0.15, 0.2) is 46.0 Å². The number of aliphatic hydroxyl groups is 1. The first kappa shape index (κ1) is 31.8. The number of piperazine rings is 1. The summed E-state index contributed by atoms with van der Waals surface area (Å²) in [7, 11) is -4.85. The van der Waals surface area contributed by atoms with Crippen LogP contribution in [0, 0.1) is 5.92 Å². The number of hydrogen-bond acceptors (Lipinski definition) is 7. The zero-order valence-corrected chi connectivity index (χ0v) is 24.9. The second-order valence-corrected chi connectivity index (χ2v) is 15.5. The Kier molecular flexibility index (Phi) is 9.47. The maximum Gasteiger partial charge on any atom is 0.421 e. The number of benzene rings is 1. The first-order valence-corrected chi connectivity index (χ1v) is 16.0. The molecule has 0 amide bonds. The monoisotopic (exact) mass is 612 g/mol. The van der Waals surface area contributed by atoms with E-state index >= 15 is 0 Å². The summed E-state index contributed by atoms with van der Waals surface area (Å²) in [5.74, 6) is -0.0217. The minimum absolute atomic E-state index is 0.0217. The van der Waals surface area contributed by atoms with E-state index in [2.05, 4.69) is 0 Å². The molecule has 1 N–H and O–H groups in total. The highest BCUT2D eigenvalue weighted by atomic mass is 32.2. The lowest BCUT2D eigenvalue weighted by Gasteiger charge is -2.44. The van der Waals surface area contributed by atoms with Crippen LogP contribution in [0.3, 0.4) is 0 Å². The van der Waals surface area contributed by atoms with Gasteiger partial charge in [-0.3, -0.25) is 0 Å². The van der Waals surface area contributed by atoms with Crippen molar-refractivity contribution >= 4 is 37.3 Å². The molecule has 39 heavy (non-hydrogen) atoms. The Balaban J connectivity index is 2.00. The van der Waals surface area contributed by atoms with Gasteiger partial charge < -0.3 is 10.0 Å². The Labute approximate surface area is 232 Å². The normalized spacial score (nSPS) is 19.7. The van der Waals surface area contributed by atoms with Gasteiger partial charge in [-0.1, -0.05) is 32.0 Å². The quantitative estimate of drug-likeness (QED) is 0.443. The lowest BCUT2D eigenvalue weighted by Crippen LogP contribution is -2.59. The molecular weight excluding hydrogens is 577 g/mol. The number of sulfonamides is 1. The molecule has 1 fully saturated rings. The molecule has 0 unspecified atom stereocenters. The Bertz CT molecular complexity index is 1310. The molecule has 15 heteroatoms. The van der Waals surface area contributed by atoms with Gasteiger partial charge in [0.25, 0.3) is 20.2 Å². The van der Waals surface area contributed by atoms with Crippen LogP contribution in [0.4, 0.5) is 18.9 Å². The maximum atomic E-state index is 13.3. The van der Waals surface area contributed by atoms with Gasteiger partial charge in [0.15, 0.2) is 5.60 Å². The zero-order chi connectivity index (χ0) is 29.4. The van der Waals surface area contributed by atoms with Crippen molar-refractivity contribution in [2.24, 2.45) is 5.92 Å². The Morgan fingerprint density at radius 2 is 1.69 bits per heavy atom. The number of nitrogens with zero attached hydrogens (tertiary/aromatic N) is 4. The van der Waals surface area contributed by atoms with E-state index in [1.807, 2.05) is 18.7 Å². The van der Waals surface area contributed by atoms with Crippen molar-refractivity contribution in [1.29, 1.82) is 0 Å². The fraction of sp³-hybridized carbons (Fsp3) is 0.583. The summed E-state index contributed by atoms with van der Waals surface area (Å²) in [5.41, 5.74) is -2.90. The molecule has 2 atom stereocenters. The molecule has 0 aliphatic carbocycles. The van der Waals surface area contributed by atoms with E-state index in [9.17, 15) is 35.1 Å². The lowest BCUT2D eigenvalue weighted by molar-refractivity contribution is -0.258. The number of alkyl halides is 3. The SMILES string of the molecule is CC(C)CN(C[C@H]1CN(S(=O)(=O)c2cccs2)CCN1c1ccc([C@@](C)(O)C(F)(F)F)cc1)S(=O)(=O)N(C)C. The summed E-state index contributed by atoms with van der Waals surface area (Å²) in [4.78, 5) is 1.81. The van der Waals surface area contributed by atoms with Crippen molar-refractivity contribution in [2.75, 3.05) is 51.7 Å². The predicted molar refractivity (Wildman–Crippen MR) is 145 cm³/mol. The minimum Gasteiger partial charge on any atom is -0.376 e. The van der Waals surface area contributed by atoms with Crippen LogP contribution >= 0.6 is 11.3 Å². The second-order valence-electron chi connectivity index (χ2n) is 10.3. The van der Waals surface area contributed by atoms with Crippen LogP contribution in [-0.2, 0) is 25.8 Å². The highest BCUT2D eigenvalue weighted by Crippen LogP contribution is 2.39. The highest BCUT2D eigenvalue weighted by molar-refractivity contribution is 7.91. The van der Waals surface area contributed by atoms with Gasteiger partial charge in [-0.15, -0.1) is 11.3 Å². The van der Waals surface area contributed by atoms with Crippen LogP contribution < -0.4 is 4.90 Å². The van der Waals surface area contributed by atoms with E-state index in [0.717, 1.165) is 15.6 Å². The van der Waals surface area contributed by atoms with E-state index in [4.69, 9.17) is 0 Å². The van der Waals surface area contributed by atoms with E-state index in [-0.39, 0.29) is 48.4 Å². The summed E-state index contributed by atoms with van der Waals surface area (Å²) in [6, 6.07) is 7.72. The number of halogens is 3. The third-order valence-corrected chi connectivity index (χ3v) is 11.7. The molecule has 1 aliphatic rings. The van der Waals surface area contributed by atoms with Crippen molar-refractivity contribution in [1.82, 2.24) is 12.9 Å². The van der Waals surface area contributed by atoms with Crippen LogP contribution in [0.2, 0.25) is 0 Å². The largest absolute Gasteiger partial charge is 0.421 e. The number of thiophene rings is 1. The zero-order valence-electron chi connectivity index (χ0n) is 22.5. The molecule has 1 saturated heterocycles. The smallest absolute Gasteiger partial charge is 0.376 e. The molecular formula is C24H35F3N4O5S3. The molecule has 0 saturated carbocycles. The summed E-state index contributed by atoms with van der Waals surface area (Å²) < 4.78 is 96.9. The second kappa shape index (κ2) is 11.6. The van der Waals surface area contributed by atoms with E-state index < -0.39 is 38.1 Å². The van der Waals surface area contributed by atoms with E-state index in [0.29, 0.717) is 12.6 Å². The molecule has 2 aromatic rings. The van der Waals surface area contributed by atoms with Gasteiger partial charge in [-0.05, 0) is 42.0 Å². The van der Waals surface area contributed by atoms with Crippen molar-refractivity contribution < 1.29 is 35.1 Å². The van der Waals surface area contributed by atoms with Crippen LogP contribution in [-0.4, -0.2) is 93.9 Å². The standard InChI is InChI=1S/C24H35F3N4O5S3/c1-18(2)15-30(39(35,36)28(4)5)17-21-16-29(38(33,34)22-7-6-14-37-22)12-13-31(21)20-10-8-19(9-11-20)23(3,32)24(25,26)27/h6-11,14,18,21,32H,12-13,15-17H2,1-5H3/t21-,23-/m1/s1. The minimum atomic E-state index is -4.88. The molecule has 1 aliphatic heterocycles. The van der Waals surface area contributed by atoms with Gasteiger partial charge in [0.05, 0.1) is 6.04 Å². The number of anilines is 1. The molecule has 0 bridgehead atoms. The third kappa shape index (κ3) is 6.77. The fourth-order valence-electron chi connectivity index (χ4n) is 4.36. The molecule has 3 rings (SSSR count). The molecule has 220 valence electrons. The Morgan fingerprint density at radius 1 is 1.08 bits per heavy atom. The van der Waals surface area contributed by atoms with Gasteiger partial charge in [-0.2, -0.15) is 34.5 Å². The third-order valence-electron chi connectivity index (χ3n) is 6.62. The van der Waals surface area contributed by atoms with Crippen molar-refractivity contribution in [3.8, 4) is 0 Å². The Hall–Kier alpha value is -1.75. The van der Waals surface area contributed by atoms with Crippen molar-refractivity contribution in [2.45, 2.75) is 42.8 Å². The Morgan fingerprint density at radius 3 is 2.18 bits per heavy atom. The van der Waals surface area contributed by atoms with Crippen LogP contribution in [0.25, 0.3) is 0 Å². The average molecular weight is 613 g/mol. The lowest BCUT2D eigenvalue weighted by atomic mass is 9.95. The molecule has 9 nitrogen and oxygen atoms in total. The molecule has 1 aromatic heterocycles. The maximum absolute atomic E-state index is 13.3. The molecule has 1 aromatic carbocycles. The average Bonchev–Trinajstić information content (AvgIpc) is 3.38. The first-order chi connectivity index (χ1) is 17.9. The van der Waals surface area contributed by atoms with Gasteiger partial charge in [0.2, 0.25) is 0 Å². The fourth-order valence-corrected chi connectivity index (χ4v) is 8.28. The molecule has 0 radical (unpaired) electrons.